The van der Waals surface area contributed by atoms with E-state index in [1.54, 1.807) is 12.1 Å². The van der Waals surface area contributed by atoms with Crippen LogP contribution in [0.2, 0.25) is 0 Å². The fourth-order valence-corrected chi connectivity index (χ4v) is 2.41. The third-order valence-electron chi connectivity index (χ3n) is 4.28. The van der Waals surface area contributed by atoms with Crippen molar-refractivity contribution in [2.45, 2.75) is 25.8 Å². The number of hydrogen-bond acceptors (Lipinski definition) is 3. The Morgan fingerprint density at radius 2 is 1.91 bits per heavy atom. The Bertz CT molecular complexity index is 556. The quantitative estimate of drug-likeness (QED) is 0.774. The first-order chi connectivity index (χ1) is 10.1. The van der Waals surface area contributed by atoms with Crippen LogP contribution in [0.4, 0.5) is 5.69 Å². The number of carbonyl (C=O) groups excluding carboxylic acids is 2. The Hall–Kier alpha value is -1.59. The van der Waals surface area contributed by atoms with Gasteiger partial charge in [-0.25, -0.2) is 0 Å². The number of halogens is 1. The molecule has 1 atom stereocenters. The molecule has 1 saturated carbocycles. The monoisotopic (exact) mass is 323 g/mol. The summed E-state index contributed by atoms with van der Waals surface area (Å²) < 4.78 is 0. The second-order valence-corrected chi connectivity index (χ2v) is 5.99. The Morgan fingerprint density at radius 3 is 2.50 bits per heavy atom. The van der Waals surface area contributed by atoms with Crippen molar-refractivity contribution < 1.29 is 9.59 Å². The van der Waals surface area contributed by atoms with Crippen molar-refractivity contribution in [1.29, 1.82) is 0 Å². The molecule has 5 nitrogen and oxygen atoms in total. The van der Waals surface area contributed by atoms with Gasteiger partial charge in [0, 0.05) is 12.0 Å². The van der Waals surface area contributed by atoms with Crippen molar-refractivity contribution in [3.8, 4) is 0 Å². The lowest BCUT2D eigenvalue weighted by Gasteiger charge is -2.31. The number of para-hydroxylation sites is 1. The summed E-state index contributed by atoms with van der Waals surface area (Å²) in [5.41, 5.74) is 1.14. The van der Waals surface area contributed by atoms with E-state index in [-0.39, 0.29) is 30.1 Å². The van der Waals surface area contributed by atoms with Crippen LogP contribution in [0.3, 0.4) is 0 Å². The highest BCUT2D eigenvalue weighted by molar-refractivity contribution is 6.04. The van der Waals surface area contributed by atoms with Gasteiger partial charge in [-0.2, -0.15) is 0 Å². The average molecular weight is 324 g/mol. The van der Waals surface area contributed by atoms with Crippen LogP contribution in [0.15, 0.2) is 24.3 Å². The van der Waals surface area contributed by atoms with Gasteiger partial charge < -0.3 is 16.0 Å². The molecule has 3 rings (SSSR count). The summed E-state index contributed by atoms with van der Waals surface area (Å²) in [5, 5.41) is 9.04. The lowest BCUT2D eigenvalue weighted by Crippen LogP contribution is -2.48. The number of amides is 2. The maximum atomic E-state index is 12.3. The maximum Gasteiger partial charge on any atom is 0.253 e. The van der Waals surface area contributed by atoms with Crippen LogP contribution in [-0.4, -0.2) is 30.9 Å². The molecule has 2 aliphatic rings. The first-order valence-corrected chi connectivity index (χ1v) is 7.56. The molecule has 6 heteroatoms. The highest BCUT2D eigenvalue weighted by Crippen LogP contribution is 2.23. The first-order valence-electron chi connectivity index (χ1n) is 7.56. The summed E-state index contributed by atoms with van der Waals surface area (Å²) in [7, 11) is 0. The molecule has 2 amide bonds. The third kappa shape index (κ3) is 3.78. The second-order valence-electron chi connectivity index (χ2n) is 5.99. The van der Waals surface area contributed by atoms with E-state index in [2.05, 4.69) is 16.0 Å². The predicted molar refractivity (Wildman–Crippen MR) is 88.3 cm³/mol. The van der Waals surface area contributed by atoms with E-state index in [4.69, 9.17) is 0 Å². The summed E-state index contributed by atoms with van der Waals surface area (Å²) in [4.78, 5) is 24.5. The zero-order chi connectivity index (χ0) is 14.8. The normalized spacial score (nSPS) is 18.6. The Kier molecular flexibility index (Phi) is 5.42. The lowest BCUT2D eigenvalue weighted by atomic mass is 9.88. The van der Waals surface area contributed by atoms with Crippen LogP contribution in [0, 0.1) is 11.8 Å². The van der Waals surface area contributed by atoms with Crippen LogP contribution in [0.1, 0.15) is 30.1 Å². The molecule has 0 radical (unpaired) electrons. The van der Waals surface area contributed by atoms with Gasteiger partial charge in [-0.05, 0) is 44.0 Å². The van der Waals surface area contributed by atoms with E-state index in [9.17, 15) is 9.59 Å². The van der Waals surface area contributed by atoms with Gasteiger partial charge in [0.2, 0.25) is 5.91 Å². The van der Waals surface area contributed by atoms with E-state index in [1.807, 2.05) is 19.1 Å². The molecule has 0 bridgehead atoms. The number of hydrogen-bond donors (Lipinski definition) is 3. The van der Waals surface area contributed by atoms with Gasteiger partial charge in [0.1, 0.15) is 0 Å². The molecule has 22 heavy (non-hydrogen) atoms. The van der Waals surface area contributed by atoms with Crippen molar-refractivity contribution >= 4 is 29.9 Å². The molecule has 0 spiro atoms. The zero-order valence-corrected chi connectivity index (χ0v) is 13.4. The van der Waals surface area contributed by atoms with Gasteiger partial charge in [-0.15, -0.1) is 12.4 Å². The maximum absolute atomic E-state index is 12.3. The Morgan fingerprint density at radius 1 is 1.23 bits per heavy atom. The molecule has 1 aliphatic carbocycles. The van der Waals surface area contributed by atoms with E-state index < -0.39 is 0 Å². The molecule has 1 heterocycles. The van der Waals surface area contributed by atoms with Gasteiger partial charge >= 0.3 is 0 Å². The summed E-state index contributed by atoms with van der Waals surface area (Å²) in [5.74, 6) is 0.211. The van der Waals surface area contributed by atoms with Crippen molar-refractivity contribution in [2.24, 2.45) is 11.8 Å². The standard InChI is InChI=1S/C16H21N3O2.ClH/c1-10(11-8-17-9-11)15(20)19-14-5-3-2-4-13(14)16(21)18-12-6-7-12;/h2-5,10-12,17H,6-9H2,1H3,(H,18,21)(H,19,20);1H. The Balaban J connectivity index is 0.00000176. The summed E-state index contributed by atoms with van der Waals surface area (Å²) in [6.07, 6.45) is 2.10. The summed E-state index contributed by atoms with van der Waals surface area (Å²) in [6.45, 7) is 3.71. The fourth-order valence-electron chi connectivity index (χ4n) is 2.41. The van der Waals surface area contributed by atoms with Gasteiger partial charge in [-0.3, -0.25) is 9.59 Å². The largest absolute Gasteiger partial charge is 0.349 e. The molecule has 1 aliphatic heterocycles. The molecule has 2 fully saturated rings. The van der Waals surface area contributed by atoms with E-state index in [1.165, 1.54) is 0 Å². The fraction of sp³-hybridized carbons (Fsp3) is 0.500. The smallest absolute Gasteiger partial charge is 0.253 e. The SMILES string of the molecule is CC(C(=O)Nc1ccccc1C(=O)NC1CC1)C1CNC1.Cl. The molecule has 0 aromatic heterocycles. The summed E-state index contributed by atoms with van der Waals surface area (Å²) in [6, 6.07) is 7.49. The zero-order valence-electron chi connectivity index (χ0n) is 12.6. The molecule has 1 aromatic rings. The molecule has 3 N–H and O–H groups in total. The number of anilines is 1. The van der Waals surface area contributed by atoms with Gasteiger partial charge in [0.05, 0.1) is 11.3 Å². The minimum atomic E-state index is -0.105. The van der Waals surface area contributed by atoms with Crippen LogP contribution in [0.5, 0.6) is 0 Å². The predicted octanol–water partition coefficient (Wildman–Crippen LogP) is 1.79. The van der Waals surface area contributed by atoms with Gasteiger partial charge in [0.15, 0.2) is 0 Å². The summed E-state index contributed by atoms with van der Waals surface area (Å²) >= 11 is 0. The van der Waals surface area contributed by atoms with Crippen LogP contribution < -0.4 is 16.0 Å². The van der Waals surface area contributed by atoms with Crippen LogP contribution in [0.25, 0.3) is 0 Å². The number of carbonyl (C=O) groups is 2. The number of benzene rings is 1. The highest BCUT2D eigenvalue weighted by Gasteiger charge is 2.29. The topological polar surface area (TPSA) is 70.2 Å². The lowest BCUT2D eigenvalue weighted by molar-refractivity contribution is -0.121. The van der Waals surface area contributed by atoms with Crippen molar-refractivity contribution in [1.82, 2.24) is 10.6 Å². The first kappa shape index (κ1) is 16.8. The number of rotatable bonds is 5. The second kappa shape index (κ2) is 7.11. The van der Waals surface area contributed by atoms with Gasteiger partial charge in [0.25, 0.3) is 5.91 Å². The molecule has 1 unspecified atom stereocenters. The molecular formula is C16H22ClN3O2. The average Bonchev–Trinajstić information content (AvgIpc) is 3.21. The molecule has 1 saturated heterocycles. The van der Waals surface area contributed by atoms with Gasteiger partial charge in [-0.1, -0.05) is 19.1 Å². The van der Waals surface area contributed by atoms with E-state index in [0.717, 1.165) is 25.9 Å². The molecule has 1 aromatic carbocycles. The van der Waals surface area contributed by atoms with Crippen molar-refractivity contribution in [3.05, 3.63) is 29.8 Å². The van der Waals surface area contributed by atoms with Crippen molar-refractivity contribution in [2.75, 3.05) is 18.4 Å². The number of nitrogens with one attached hydrogen (secondary N) is 3. The molecular weight excluding hydrogens is 302 g/mol. The highest BCUT2D eigenvalue weighted by atomic mass is 35.5. The third-order valence-corrected chi connectivity index (χ3v) is 4.28. The van der Waals surface area contributed by atoms with E-state index in [0.29, 0.717) is 23.2 Å². The van der Waals surface area contributed by atoms with Crippen molar-refractivity contribution in [3.63, 3.8) is 0 Å². The van der Waals surface area contributed by atoms with Crippen LogP contribution >= 0.6 is 12.4 Å². The van der Waals surface area contributed by atoms with E-state index >= 15 is 0 Å². The molecule has 120 valence electrons. The Labute approximate surface area is 136 Å². The van der Waals surface area contributed by atoms with Crippen LogP contribution in [-0.2, 0) is 4.79 Å². The minimum Gasteiger partial charge on any atom is -0.349 e. The minimum absolute atomic E-state index is 0.